The molecule has 0 spiro atoms. The lowest BCUT2D eigenvalue weighted by atomic mass is 10.3. The number of rotatable bonds is 6. The van der Waals surface area contributed by atoms with Crippen LogP contribution in [0.2, 0.25) is 0 Å². The molecule has 2 N–H and O–H groups in total. The lowest BCUT2D eigenvalue weighted by molar-refractivity contribution is 0.582. The van der Waals surface area contributed by atoms with E-state index in [0.717, 1.165) is 24.0 Å². The van der Waals surface area contributed by atoms with Crippen LogP contribution in [0.25, 0.3) is 0 Å². The second-order valence-electron chi connectivity index (χ2n) is 4.22. The minimum atomic E-state index is -0.418. The van der Waals surface area contributed by atoms with Gasteiger partial charge in [-0.3, -0.25) is 9.36 Å². The van der Waals surface area contributed by atoms with Crippen molar-refractivity contribution in [2.24, 2.45) is 19.8 Å². The van der Waals surface area contributed by atoms with E-state index in [4.69, 9.17) is 5.73 Å². The van der Waals surface area contributed by atoms with Crippen LogP contribution in [0.1, 0.15) is 19.8 Å². The molecule has 0 bridgehead atoms. The summed E-state index contributed by atoms with van der Waals surface area (Å²) < 4.78 is 2.26. The van der Waals surface area contributed by atoms with Gasteiger partial charge < -0.3 is 10.6 Å². The van der Waals surface area contributed by atoms with Crippen LogP contribution in [-0.4, -0.2) is 34.0 Å². The summed E-state index contributed by atoms with van der Waals surface area (Å²) in [6, 6.07) is 0. The Kier molecular flexibility index (Phi) is 5.08. The van der Waals surface area contributed by atoms with E-state index < -0.39 is 5.69 Å². The maximum Gasteiger partial charge on any atom is 0.346 e. The third-order valence-electron chi connectivity index (χ3n) is 2.73. The Morgan fingerprint density at radius 3 is 2.50 bits per heavy atom. The summed E-state index contributed by atoms with van der Waals surface area (Å²) in [5.74, 6) is 0.315. The van der Waals surface area contributed by atoms with Gasteiger partial charge in [0.25, 0.3) is 5.56 Å². The second-order valence-corrected chi connectivity index (χ2v) is 4.22. The quantitative estimate of drug-likeness (QED) is 0.708. The first-order chi connectivity index (χ1) is 8.52. The smallest absolute Gasteiger partial charge is 0.346 e. The highest BCUT2D eigenvalue weighted by atomic mass is 16.2. The predicted octanol–water partition coefficient (Wildman–Crippen LogP) is -0.956. The SMILES string of the molecule is CCCN(CCCN)c1nn(C)c(=O)n(C)c1=O. The predicted molar refractivity (Wildman–Crippen MR) is 70.9 cm³/mol. The first kappa shape index (κ1) is 14.4. The zero-order valence-electron chi connectivity index (χ0n) is 11.2. The molecule has 0 radical (unpaired) electrons. The third-order valence-corrected chi connectivity index (χ3v) is 2.73. The van der Waals surface area contributed by atoms with Crippen molar-refractivity contribution in [3.63, 3.8) is 0 Å². The van der Waals surface area contributed by atoms with E-state index in [9.17, 15) is 9.59 Å². The highest BCUT2D eigenvalue weighted by molar-refractivity contribution is 5.34. The van der Waals surface area contributed by atoms with E-state index in [0.29, 0.717) is 18.9 Å². The number of hydrogen-bond acceptors (Lipinski definition) is 5. The van der Waals surface area contributed by atoms with Gasteiger partial charge in [-0.15, -0.1) is 5.10 Å². The van der Waals surface area contributed by atoms with Crippen LogP contribution in [-0.2, 0) is 14.1 Å². The number of anilines is 1. The average molecular weight is 255 g/mol. The van der Waals surface area contributed by atoms with E-state index in [2.05, 4.69) is 5.10 Å². The maximum atomic E-state index is 12.0. The van der Waals surface area contributed by atoms with E-state index in [-0.39, 0.29) is 5.56 Å². The fraction of sp³-hybridized carbons (Fsp3) is 0.727. The van der Waals surface area contributed by atoms with E-state index in [1.807, 2.05) is 11.8 Å². The second kappa shape index (κ2) is 6.34. The Hall–Kier alpha value is -1.63. The summed E-state index contributed by atoms with van der Waals surface area (Å²) >= 11 is 0. The maximum absolute atomic E-state index is 12.0. The molecule has 1 heterocycles. The van der Waals surface area contributed by atoms with E-state index in [1.54, 1.807) is 7.05 Å². The molecule has 0 saturated heterocycles. The molecule has 0 amide bonds. The fourth-order valence-electron chi connectivity index (χ4n) is 1.76. The summed E-state index contributed by atoms with van der Waals surface area (Å²) in [5.41, 5.74) is 4.71. The molecule has 1 aromatic rings. The zero-order chi connectivity index (χ0) is 13.7. The molecule has 0 aliphatic carbocycles. The first-order valence-electron chi connectivity index (χ1n) is 6.12. The van der Waals surface area contributed by atoms with Gasteiger partial charge in [-0.1, -0.05) is 6.92 Å². The minimum Gasteiger partial charge on any atom is -0.351 e. The van der Waals surface area contributed by atoms with Gasteiger partial charge in [0.15, 0.2) is 0 Å². The zero-order valence-corrected chi connectivity index (χ0v) is 11.2. The van der Waals surface area contributed by atoms with Gasteiger partial charge >= 0.3 is 5.69 Å². The van der Waals surface area contributed by atoms with Crippen LogP contribution < -0.4 is 21.9 Å². The molecule has 1 aromatic heterocycles. The molecule has 0 saturated carbocycles. The van der Waals surface area contributed by atoms with Crippen molar-refractivity contribution in [2.75, 3.05) is 24.5 Å². The summed E-state index contributed by atoms with van der Waals surface area (Å²) in [7, 11) is 3.00. The molecular formula is C11H21N5O2. The van der Waals surface area contributed by atoms with Gasteiger partial charge in [-0.05, 0) is 19.4 Å². The first-order valence-corrected chi connectivity index (χ1v) is 6.12. The summed E-state index contributed by atoms with van der Waals surface area (Å²) in [6.45, 7) is 3.99. The third kappa shape index (κ3) is 2.98. The van der Waals surface area contributed by atoms with Crippen LogP contribution >= 0.6 is 0 Å². The normalized spacial score (nSPS) is 10.7. The van der Waals surface area contributed by atoms with Crippen molar-refractivity contribution in [3.8, 4) is 0 Å². The van der Waals surface area contributed by atoms with Gasteiger partial charge in [-0.2, -0.15) is 0 Å². The summed E-state index contributed by atoms with van der Waals surface area (Å²) in [5, 5.41) is 4.06. The van der Waals surface area contributed by atoms with E-state index in [1.165, 1.54) is 11.7 Å². The van der Waals surface area contributed by atoms with Crippen molar-refractivity contribution >= 4 is 5.82 Å². The van der Waals surface area contributed by atoms with Crippen molar-refractivity contribution in [2.45, 2.75) is 19.8 Å². The lowest BCUT2D eigenvalue weighted by Crippen LogP contribution is -2.43. The largest absolute Gasteiger partial charge is 0.351 e. The minimum absolute atomic E-state index is 0.315. The highest BCUT2D eigenvalue weighted by Crippen LogP contribution is 2.03. The molecule has 0 aliphatic heterocycles. The van der Waals surface area contributed by atoms with Crippen LogP contribution in [0.4, 0.5) is 5.82 Å². The topological polar surface area (TPSA) is 86.2 Å². The molecule has 0 atom stereocenters. The van der Waals surface area contributed by atoms with Crippen molar-refractivity contribution in [1.29, 1.82) is 0 Å². The molecule has 1 rings (SSSR count). The van der Waals surface area contributed by atoms with Crippen LogP contribution in [0.5, 0.6) is 0 Å². The number of nitrogens with two attached hydrogens (primary N) is 1. The molecule has 7 nitrogen and oxygen atoms in total. The molecule has 0 aromatic carbocycles. The van der Waals surface area contributed by atoms with Gasteiger partial charge in [-0.25, -0.2) is 9.48 Å². The monoisotopic (exact) mass is 255 g/mol. The Morgan fingerprint density at radius 1 is 1.28 bits per heavy atom. The molecule has 0 aliphatic rings. The fourth-order valence-corrected chi connectivity index (χ4v) is 1.76. The number of aromatic nitrogens is 3. The Morgan fingerprint density at radius 2 is 1.94 bits per heavy atom. The molecule has 0 unspecified atom stereocenters. The number of hydrogen-bond donors (Lipinski definition) is 1. The molecular weight excluding hydrogens is 234 g/mol. The van der Waals surface area contributed by atoms with Crippen LogP contribution in [0.3, 0.4) is 0 Å². The van der Waals surface area contributed by atoms with Gasteiger partial charge in [0.05, 0.1) is 0 Å². The van der Waals surface area contributed by atoms with E-state index >= 15 is 0 Å². The van der Waals surface area contributed by atoms with Gasteiger partial charge in [0, 0.05) is 27.2 Å². The molecule has 102 valence electrons. The number of aryl methyl sites for hydroxylation is 1. The van der Waals surface area contributed by atoms with Crippen molar-refractivity contribution < 1.29 is 0 Å². The Labute approximate surface area is 106 Å². The highest BCUT2D eigenvalue weighted by Gasteiger charge is 2.15. The van der Waals surface area contributed by atoms with Crippen molar-refractivity contribution in [1.82, 2.24) is 14.3 Å². The number of nitrogens with zero attached hydrogens (tertiary/aromatic N) is 4. The average Bonchev–Trinajstić information content (AvgIpc) is 2.36. The summed E-state index contributed by atoms with van der Waals surface area (Å²) in [4.78, 5) is 25.5. The van der Waals surface area contributed by atoms with Crippen LogP contribution in [0.15, 0.2) is 9.59 Å². The van der Waals surface area contributed by atoms with Crippen molar-refractivity contribution in [3.05, 3.63) is 20.8 Å². The standard InChI is InChI=1S/C11H21N5O2/c1-4-7-16(8-5-6-12)9-10(17)14(2)11(18)15(3)13-9/h4-8,12H2,1-3H3. The molecule has 0 fully saturated rings. The molecule has 7 heteroatoms. The summed E-state index contributed by atoms with van der Waals surface area (Å²) in [6.07, 6.45) is 1.69. The van der Waals surface area contributed by atoms with Gasteiger partial charge in [0.2, 0.25) is 5.82 Å². The lowest BCUT2D eigenvalue weighted by Gasteiger charge is -2.22. The molecule has 18 heavy (non-hydrogen) atoms. The van der Waals surface area contributed by atoms with Gasteiger partial charge in [0.1, 0.15) is 0 Å². The Balaban J connectivity index is 3.19. The van der Waals surface area contributed by atoms with Crippen LogP contribution in [0, 0.1) is 0 Å². The Bertz CT molecular complexity index is 505.